The summed E-state index contributed by atoms with van der Waals surface area (Å²) in [7, 11) is -7.10. The SMILES string of the molecule is CS(=O)(=O)CCNS(=O)(=O)c1cnc(NN)c(Cl)c1. The van der Waals surface area contributed by atoms with Crippen molar-refractivity contribution in [1.82, 2.24) is 9.71 Å². The summed E-state index contributed by atoms with van der Waals surface area (Å²) in [5.74, 6) is 4.95. The number of rotatable bonds is 6. The highest BCUT2D eigenvalue weighted by molar-refractivity contribution is 7.91. The van der Waals surface area contributed by atoms with E-state index in [1.807, 2.05) is 0 Å². The Labute approximate surface area is 116 Å². The number of hydrogen-bond acceptors (Lipinski definition) is 7. The van der Waals surface area contributed by atoms with Gasteiger partial charge in [0.1, 0.15) is 14.7 Å². The molecule has 0 spiro atoms. The molecule has 4 N–H and O–H groups in total. The molecule has 0 aliphatic carbocycles. The average Bonchev–Trinajstić information content (AvgIpc) is 2.26. The van der Waals surface area contributed by atoms with E-state index in [1.54, 1.807) is 0 Å². The minimum atomic E-state index is -3.86. The van der Waals surface area contributed by atoms with Crippen LogP contribution in [0.3, 0.4) is 0 Å². The van der Waals surface area contributed by atoms with Gasteiger partial charge in [0.15, 0.2) is 5.82 Å². The second kappa shape index (κ2) is 6.01. The fourth-order valence-corrected chi connectivity index (χ4v) is 3.01. The molecule has 0 fully saturated rings. The van der Waals surface area contributed by atoms with Crippen LogP contribution in [0.4, 0.5) is 5.82 Å². The zero-order valence-corrected chi connectivity index (χ0v) is 12.3. The molecule has 0 amide bonds. The van der Waals surface area contributed by atoms with Crippen molar-refractivity contribution in [3.8, 4) is 0 Å². The molecule has 1 heterocycles. The van der Waals surface area contributed by atoms with E-state index >= 15 is 0 Å². The van der Waals surface area contributed by atoms with Crippen LogP contribution in [0.25, 0.3) is 0 Å². The van der Waals surface area contributed by atoms with Gasteiger partial charge in [-0.2, -0.15) is 0 Å². The Morgan fingerprint density at radius 2 is 2.00 bits per heavy atom. The number of nitrogens with two attached hydrogens (primary N) is 1. The van der Waals surface area contributed by atoms with Crippen LogP contribution in [0.5, 0.6) is 0 Å². The lowest BCUT2D eigenvalue weighted by atomic mass is 10.5. The third-order valence-electron chi connectivity index (χ3n) is 2.03. The zero-order valence-electron chi connectivity index (χ0n) is 9.92. The minimum Gasteiger partial charge on any atom is -0.307 e. The number of sulfone groups is 1. The summed E-state index contributed by atoms with van der Waals surface area (Å²) in [6, 6.07) is 1.16. The van der Waals surface area contributed by atoms with Gasteiger partial charge in [0.05, 0.1) is 10.8 Å². The van der Waals surface area contributed by atoms with E-state index in [0.717, 1.165) is 18.5 Å². The number of hydrogen-bond donors (Lipinski definition) is 3. The Bertz CT molecular complexity index is 659. The number of nitrogens with one attached hydrogen (secondary N) is 2. The Morgan fingerprint density at radius 1 is 1.37 bits per heavy atom. The molecule has 0 saturated carbocycles. The number of nitrogens with zero attached hydrogens (tertiary/aromatic N) is 1. The van der Waals surface area contributed by atoms with Gasteiger partial charge in [0.2, 0.25) is 10.0 Å². The first kappa shape index (κ1) is 16.1. The Morgan fingerprint density at radius 3 is 2.47 bits per heavy atom. The smallest absolute Gasteiger partial charge is 0.242 e. The molecule has 108 valence electrons. The lowest BCUT2D eigenvalue weighted by molar-refractivity contribution is 0.581. The molecule has 11 heteroatoms. The molecule has 1 aromatic rings. The Hall–Kier alpha value is -0.940. The zero-order chi connectivity index (χ0) is 14.7. The quantitative estimate of drug-likeness (QED) is 0.466. The van der Waals surface area contributed by atoms with E-state index < -0.39 is 19.9 Å². The highest BCUT2D eigenvalue weighted by Gasteiger charge is 2.16. The molecule has 0 aliphatic heterocycles. The first-order valence-electron chi connectivity index (χ1n) is 4.95. The summed E-state index contributed by atoms with van der Waals surface area (Å²) < 4.78 is 47.6. The van der Waals surface area contributed by atoms with E-state index in [1.165, 1.54) is 0 Å². The third kappa shape index (κ3) is 4.91. The molecule has 1 aromatic heterocycles. The van der Waals surface area contributed by atoms with Gasteiger partial charge >= 0.3 is 0 Å². The first-order valence-corrected chi connectivity index (χ1v) is 8.87. The standard InChI is InChI=1S/C8H13ClN4O4S2/c1-18(14,15)3-2-12-19(16,17)6-4-7(9)8(13-10)11-5-6/h4-5,12H,2-3,10H2,1H3,(H,11,13). The maximum atomic E-state index is 11.8. The molecule has 0 aliphatic rings. The second-order valence-corrected chi connectivity index (χ2v) is 8.11. The van der Waals surface area contributed by atoms with E-state index in [2.05, 4.69) is 15.1 Å². The van der Waals surface area contributed by atoms with E-state index in [9.17, 15) is 16.8 Å². The van der Waals surface area contributed by atoms with Crippen LogP contribution >= 0.6 is 11.6 Å². The van der Waals surface area contributed by atoms with E-state index in [4.69, 9.17) is 17.4 Å². The van der Waals surface area contributed by atoms with Crippen LogP contribution in [0, 0.1) is 0 Å². The molecule has 8 nitrogen and oxygen atoms in total. The monoisotopic (exact) mass is 328 g/mol. The number of nitrogen functional groups attached to an aromatic ring is 1. The number of halogens is 1. The van der Waals surface area contributed by atoms with Crippen LogP contribution in [-0.4, -0.2) is 40.4 Å². The van der Waals surface area contributed by atoms with Crippen molar-refractivity contribution in [2.45, 2.75) is 4.90 Å². The molecule has 0 bridgehead atoms. The third-order valence-corrected chi connectivity index (χ3v) is 4.69. The summed E-state index contributed by atoms with van der Waals surface area (Å²) >= 11 is 5.75. The molecule has 0 atom stereocenters. The topological polar surface area (TPSA) is 131 Å². The van der Waals surface area contributed by atoms with Gasteiger partial charge in [-0.1, -0.05) is 11.6 Å². The van der Waals surface area contributed by atoms with Crippen LogP contribution in [0.2, 0.25) is 5.02 Å². The molecular formula is C8H13ClN4O4S2. The van der Waals surface area contributed by atoms with Crippen LogP contribution < -0.4 is 16.0 Å². The number of anilines is 1. The fourth-order valence-electron chi connectivity index (χ4n) is 1.12. The van der Waals surface area contributed by atoms with Crippen LogP contribution in [-0.2, 0) is 19.9 Å². The molecule has 0 radical (unpaired) electrons. The highest BCUT2D eigenvalue weighted by atomic mass is 35.5. The summed E-state index contributed by atoms with van der Waals surface area (Å²) in [5, 5.41) is 0.0356. The van der Waals surface area contributed by atoms with E-state index in [-0.39, 0.29) is 28.0 Å². The summed E-state index contributed by atoms with van der Waals surface area (Å²) in [5.41, 5.74) is 2.20. The van der Waals surface area contributed by atoms with Crippen molar-refractivity contribution in [1.29, 1.82) is 0 Å². The van der Waals surface area contributed by atoms with Gasteiger partial charge in [-0.05, 0) is 6.07 Å². The molecule has 0 aromatic carbocycles. The highest BCUT2D eigenvalue weighted by Crippen LogP contribution is 2.21. The van der Waals surface area contributed by atoms with Crippen molar-refractivity contribution in [3.63, 3.8) is 0 Å². The lowest BCUT2D eigenvalue weighted by Crippen LogP contribution is -2.29. The molecular weight excluding hydrogens is 316 g/mol. The van der Waals surface area contributed by atoms with Crippen molar-refractivity contribution < 1.29 is 16.8 Å². The van der Waals surface area contributed by atoms with Gasteiger partial charge in [0.25, 0.3) is 0 Å². The number of hydrazine groups is 1. The lowest BCUT2D eigenvalue weighted by Gasteiger charge is -2.08. The van der Waals surface area contributed by atoms with Crippen molar-refractivity contribution in [3.05, 3.63) is 17.3 Å². The normalized spacial score (nSPS) is 12.4. The Balaban J connectivity index is 2.86. The van der Waals surface area contributed by atoms with Crippen molar-refractivity contribution >= 4 is 37.3 Å². The minimum absolute atomic E-state index is 0.0356. The van der Waals surface area contributed by atoms with Crippen molar-refractivity contribution in [2.75, 3.05) is 24.0 Å². The summed E-state index contributed by atoms with van der Waals surface area (Å²) in [6.07, 6.45) is 2.07. The van der Waals surface area contributed by atoms with Crippen molar-refractivity contribution in [2.24, 2.45) is 5.84 Å². The summed E-state index contributed by atoms with van der Waals surface area (Å²) in [4.78, 5) is 3.54. The van der Waals surface area contributed by atoms with Crippen LogP contribution in [0.1, 0.15) is 0 Å². The first-order chi connectivity index (χ1) is 8.65. The summed E-state index contributed by atoms with van der Waals surface area (Å²) in [6.45, 7) is -0.227. The van der Waals surface area contributed by atoms with Gasteiger partial charge in [-0.15, -0.1) is 0 Å². The number of sulfonamides is 1. The van der Waals surface area contributed by atoms with Gasteiger partial charge in [0, 0.05) is 19.0 Å². The number of aromatic nitrogens is 1. The maximum Gasteiger partial charge on any atom is 0.242 e. The fraction of sp³-hybridized carbons (Fsp3) is 0.375. The molecule has 19 heavy (non-hydrogen) atoms. The largest absolute Gasteiger partial charge is 0.307 e. The predicted octanol–water partition coefficient (Wildman–Crippen LogP) is -0.656. The molecule has 0 unspecified atom stereocenters. The average molecular weight is 329 g/mol. The van der Waals surface area contributed by atoms with Gasteiger partial charge in [-0.25, -0.2) is 32.4 Å². The maximum absolute atomic E-state index is 11.8. The predicted molar refractivity (Wildman–Crippen MR) is 72.0 cm³/mol. The number of pyridine rings is 1. The van der Waals surface area contributed by atoms with E-state index in [0.29, 0.717) is 0 Å². The Kier molecular flexibility index (Phi) is 5.10. The molecule has 1 rings (SSSR count). The van der Waals surface area contributed by atoms with Crippen LogP contribution in [0.15, 0.2) is 17.2 Å². The van der Waals surface area contributed by atoms with Gasteiger partial charge < -0.3 is 5.43 Å². The molecule has 0 saturated heterocycles. The van der Waals surface area contributed by atoms with Gasteiger partial charge in [-0.3, -0.25) is 0 Å². The second-order valence-electron chi connectivity index (χ2n) is 3.67.